The average Bonchev–Trinajstić information content (AvgIpc) is 2.71. The van der Waals surface area contributed by atoms with Gasteiger partial charge in [0.25, 0.3) is 0 Å². The molecule has 28 heavy (non-hydrogen) atoms. The number of aliphatic hydroxyl groups excluding tert-OH is 4. The van der Waals surface area contributed by atoms with Crippen molar-refractivity contribution in [2.45, 2.75) is 56.7 Å². The Balaban J connectivity index is 1.92. The summed E-state index contributed by atoms with van der Waals surface area (Å²) in [6, 6.07) is 13.6. The number of hydrogen-bond acceptors (Lipinski definition) is 5. The van der Waals surface area contributed by atoms with E-state index in [4.69, 9.17) is 16.3 Å². The predicted molar refractivity (Wildman–Crippen MR) is 107 cm³/mol. The SMILES string of the molecule is CCc1ccc(Cc2cc([C@@]3(C)O[C@@H](CO)[C@@H](O)[C@H](O)[C@H]3O)ccc2Cl)cc1. The first-order valence-corrected chi connectivity index (χ1v) is 9.87. The van der Waals surface area contributed by atoms with Crippen LogP contribution in [0.4, 0.5) is 0 Å². The van der Waals surface area contributed by atoms with Crippen LogP contribution < -0.4 is 0 Å². The zero-order valence-corrected chi connectivity index (χ0v) is 16.8. The van der Waals surface area contributed by atoms with Crippen LogP contribution in [0, 0.1) is 0 Å². The minimum atomic E-state index is -1.43. The Bertz CT molecular complexity index is 807. The van der Waals surface area contributed by atoms with Crippen LogP contribution in [0.2, 0.25) is 5.02 Å². The van der Waals surface area contributed by atoms with Crippen LogP contribution in [-0.4, -0.2) is 51.4 Å². The molecule has 0 saturated carbocycles. The number of aryl methyl sites for hydroxylation is 1. The highest BCUT2D eigenvalue weighted by atomic mass is 35.5. The quantitative estimate of drug-likeness (QED) is 0.611. The van der Waals surface area contributed by atoms with Crippen molar-refractivity contribution in [3.63, 3.8) is 0 Å². The molecule has 1 aliphatic heterocycles. The van der Waals surface area contributed by atoms with Crippen LogP contribution in [0.1, 0.15) is 36.1 Å². The molecule has 2 aromatic rings. The van der Waals surface area contributed by atoms with E-state index in [0.29, 0.717) is 17.0 Å². The van der Waals surface area contributed by atoms with Gasteiger partial charge < -0.3 is 25.2 Å². The van der Waals surface area contributed by atoms with Crippen molar-refractivity contribution in [1.82, 2.24) is 0 Å². The van der Waals surface area contributed by atoms with E-state index in [1.807, 2.05) is 6.07 Å². The molecule has 1 fully saturated rings. The molecule has 5 atom stereocenters. The van der Waals surface area contributed by atoms with Crippen molar-refractivity contribution in [1.29, 1.82) is 0 Å². The summed E-state index contributed by atoms with van der Waals surface area (Å²) in [7, 11) is 0. The molecule has 1 aliphatic rings. The molecular formula is C22H27ClO5. The Kier molecular flexibility index (Phi) is 6.44. The van der Waals surface area contributed by atoms with Crippen LogP contribution >= 0.6 is 11.6 Å². The van der Waals surface area contributed by atoms with E-state index in [1.165, 1.54) is 5.56 Å². The minimum absolute atomic E-state index is 0.467. The summed E-state index contributed by atoms with van der Waals surface area (Å²) in [4.78, 5) is 0. The molecule has 0 spiro atoms. The van der Waals surface area contributed by atoms with Crippen molar-refractivity contribution in [3.8, 4) is 0 Å². The molecule has 1 heterocycles. The van der Waals surface area contributed by atoms with Gasteiger partial charge in [-0.15, -0.1) is 0 Å². The van der Waals surface area contributed by atoms with Crippen molar-refractivity contribution in [3.05, 3.63) is 69.7 Å². The second kappa shape index (κ2) is 8.49. The highest BCUT2D eigenvalue weighted by Gasteiger charge is 2.51. The second-order valence-corrected chi connectivity index (χ2v) is 7.93. The Morgan fingerprint density at radius 2 is 1.64 bits per heavy atom. The minimum Gasteiger partial charge on any atom is -0.394 e. The van der Waals surface area contributed by atoms with Gasteiger partial charge >= 0.3 is 0 Å². The van der Waals surface area contributed by atoms with E-state index in [1.54, 1.807) is 19.1 Å². The lowest BCUT2D eigenvalue weighted by molar-refractivity contribution is -0.273. The maximum Gasteiger partial charge on any atom is 0.119 e. The van der Waals surface area contributed by atoms with Gasteiger partial charge in [0.15, 0.2) is 0 Å². The van der Waals surface area contributed by atoms with Crippen LogP contribution in [0.3, 0.4) is 0 Å². The van der Waals surface area contributed by atoms with Crippen LogP contribution in [0.25, 0.3) is 0 Å². The molecule has 5 nitrogen and oxygen atoms in total. The zero-order valence-electron chi connectivity index (χ0n) is 16.0. The summed E-state index contributed by atoms with van der Waals surface area (Å²) in [6.45, 7) is 3.28. The lowest BCUT2D eigenvalue weighted by atomic mass is 9.80. The average molecular weight is 407 g/mol. The topological polar surface area (TPSA) is 90.2 Å². The first-order valence-electron chi connectivity index (χ1n) is 9.49. The molecule has 0 amide bonds. The highest BCUT2D eigenvalue weighted by Crippen LogP contribution is 2.39. The van der Waals surface area contributed by atoms with E-state index in [2.05, 4.69) is 31.2 Å². The summed E-state index contributed by atoms with van der Waals surface area (Å²) < 4.78 is 5.83. The normalized spacial score (nSPS) is 30.4. The molecule has 152 valence electrons. The molecule has 0 bridgehead atoms. The fourth-order valence-corrected chi connectivity index (χ4v) is 3.89. The molecule has 3 rings (SSSR count). The summed E-state index contributed by atoms with van der Waals surface area (Å²) in [5.41, 5.74) is 2.56. The van der Waals surface area contributed by atoms with Crippen LogP contribution in [0.5, 0.6) is 0 Å². The van der Waals surface area contributed by atoms with Gasteiger partial charge in [0, 0.05) is 5.02 Å². The fraction of sp³-hybridized carbons (Fsp3) is 0.455. The standard InChI is InChI=1S/C22H27ClO5/c1-3-13-4-6-14(7-5-13)10-15-11-16(8-9-17(15)23)22(2)21(27)20(26)19(25)18(12-24)28-22/h4-9,11,18-21,24-27H,3,10,12H2,1-2H3/t18-,19+,20-,21+,22+/m0/s1. The van der Waals surface area contributed by atoms with Gasteiger partial charge in [0.1, 0.15) is 30.0 Å². The number of halogens is 1. The monoisotopic (exact) mass is 406 g/mol. The lowest BCUT2D eigenvalue weighted by Gasteiger charge is -2.47. The van der Waals surface area contributed by atoms with Gasteiger partial charge in [-0.25, -0.2) is 0 Å². The van der Waals surface area contributed by atoms with E-state index in [9.17, 15) is 20.4 Å². The predicted octanol–water partition coefficient (Wildman–Crippen LogP) is 2.18. The Morgan fingerprint density at radius 1 is 1.00 bits per heavy atom. The maximum atomic E-state index is 10.6. The van der Waals surface area contributed by atoms with E-state index in [-0.39, 0.29) is 0 Å². The van der Waals surface area contributed by atoms with Crippen LogP contribution in [0.15, 0.2) is 42.5 Å². The van der Waals surface area contributed by atoms with E-state index < -0.39 is 36.6 Å². The Labute approximate surface area is 170 Å². The Morgan fingerprint density at radius 3 is 2.25 bits per heavy atom. The van der Waals surface area contributed by atoms with E-state index >= 15 is 0 Å². The number of benzene rings is 2. The van der Waals surface area contributed by atoms with Gasteiger partial charge in [0.05, 0.1) is 6.61 Å². The molecule has 0 aliphatic carbocycles. The number of ether oxygens (including phenoxy) is 1. The third kappa shape index (κ3) is 3.96. The van der Waals surface area contributed by atoms with Crippen molar-refractivity contribution >= 4 is 11.6 Å². The van der Waals surface area contributed by atoms with Gasteiger partial charge in [-0.3, -0.25) is 0 Å². The molecule has 0 unspecified atom stereocenters. The molecular weight excluding hydrogens is 380 g/mol. The van der Waals surface area contributed by atoms with Gasteiger partial charge in [0.2, 0.25) is 0 Å². The zero-order chi connectivity index (χ0) is 20.5. The number of rotatable bonds is 5. The molecule has 4 N–H and O–H groups in total. The summed E-state index contributed by atoms with van der Waals surface area (Å²) >= 11 is 6.40. The van der Waals surface area contributed by atoms with Gasteiger partial charge in [-0.2, -0.15) is 0 Å². The number of aliphatic hydroxyl groups is 4. The summed E-state index contributed by atoms with van der Waals surface area (Å²) in [6.07, 6.45) is -3.57. The van der Waals surface area contributed by atoms with Crippen molar-refractivity contribution in [2.75, 3.05) is 6.61 Å². The maximum absolute atomic E-state index is 10.6. The molecule has 2 aromatic carbocycles. The summed E-state index contributed by atoms with van der Waals surface area (Å²) in [5.74, 6) is 0. The third-order valence-electron chi connectivity index (χ3n) is 5.64. The largest absolute Gasteiger partial charge is 0.394 e. The lowest BCUT2D eigenvalue weighted by Crippen LogP contribution is -2.62. The smallest absolute Gasteiger partial charge is 0.119 e. The summed E-state index contributed by atoms with van der Waals surface area (Å²) in [5, 5.41) is 40.9. The van der Waals surface area contributed by atoms with Gasteiger partial charge in [-0.05, 0) is 48.1 Å². The van der Waals surface area contributed by atoms with Crippen molar-refractivity contribution < 1.29 is 25.2 Å². The van der Waals surface area contributed by atoms with Gasteiger partial charge in [-0.1, -0.05) is 54.9 Å². The highest BCUT2D eigenvalue weighted by molar-refractivity contribution is 6.31. The first-order chi connectivity index (χ1) is 13.3. The molecule has 6 heteroatoms. The van der Waals surface area contributed by atoms with Crippen molar-refractivity contribution in [2.24, 2.45) is 0 Å². The fourth-order valence-electron chi connectivity index (χ4n) is 3.70. The first kappa shape index (κ1) is 21.2. The molecule has 0 radical (unpaired) electrons. The Hall–Kier alpha value is -1.47. The molecule has 0 aromatic heterocycles. The molecule has 1 saturated heterocycles. The second-order valence-electron chi connectivity index (χ2n) is 7.52. The third-order valence-corrected chi connectivity index (χ3v) is 6.01. The van der Waals surface area contributed by atoms with Crippen LogP contribution in [-0.2, 0) is 23.2 Å². The van der Waals surface area contributed by atoms with E-state index in [0.717, 1.165) is 17.5 Å². The number of hydrogen-bond donors (Lipinski definition) is 4.